The van der Waals surface area contributed by atoms with Crippen LogP contribution < -0.4 is 0 Å². The fourth-order valence-electron chi connectivity index (χ4n) is 4.46. The maximum atomic E-state index is 12.6. The second-order valence-electron chi connectivity index (χ2n) is 8.26. The first-order chi connectivity index (χ1) is 14.0. The lowest BCUT2D eigenvalue weighted by atomic mass is 9.77. The number of benzene rings is 1. The third kappa shape index (κ3) is 4.18. The maximum Gasteiger partial charge on any atom is 0.311 e. The van der Waals surface area contributed by atoms with E-state index < -0.39 is 5.92 Å². The number of likely N-dealkylation sites (tertiary alicyclic amines) is 1. The van der Waals surface area contributed by atoms with Crippen LogP contribution in [0.4, 0.5) is 0 Å². The topological polar surface area (TPSA) is 85.5 Å². The van der Waals surface area contributed by atoms with Crippen molar-refractivity contribution < 1.29 is 18.7 Å². The molecule has 2 aliphatic rings. The normalized spacial score (nSPS) is 27.2. The van der Waals surface area contributed by atoms with E-state index in [0.29, 0.717) is 24.3 Å². The molecule has 2 aromatic rings. The van der Waals surface area contributed by atoms with Crippen molar-refractivity contribution >= 4 is 11.9 Å². The Balaban J connectivity index is 1.33. The van der Waals surface area contributed by atoms with Crippen molar-refractivity contribution in [2.75, 3.05) is 6.54 Å². The van der Waals surface area contributed by atoms with Crippen molar-refractivity contribution in [3.05, 3.63) is 36.2 Å². The number of ether oxygens (including phenoxy) is 1. The van der Waals surface area contributed by atoms with E-state index in [1.54, 1.807) is 0 Å². The zero-order valence-electron chi connectivity index (χ0n) is 16.9. The number of hydrogen-bond acceptors (Lipinski definition) is 6. The van der Waals surface area contributed by atoms with Gasteiger partial charge in [0.2, 0.25) is 11.8 Å². The number of rotatable bonds is 5. The predicted octanol–water partition coefficient (Wildman–Crippen LogP) is 3.45. The highest BCUT2D eigenvalue weighted by molar-refractivity contribution is 5.87. The zero-order valence-corrected chi connectivity index (χ0v) is 16.9. The highest BCUT2D eigenvalue weighted by Gasteiger charge is 2.42. The Morgan fingerprint density at radius 2 is 2.00 bits per heavy atom. The van der Waals surface area contributed by atoms with E-state index in [9.17, 15) is 9.59 Å². The highest BCUT2D eigenvalue weighted by atomic mass is 16.5. The van der Waals surface area contributed by atoms with Gasteiger partial charge in [0, 0.05) is 24.6 Å². The molecule has 0 radical (unpaired) electrons. The Hall–Kier alpha value is -2.70. The van der Waals surface area contributed by atoms with E-state index in [1.807, 2.05) is 35.2 Å². The fraction of sp³-hybridized carbons (Fsp3) is 0.545. The summed E-state index contributed by atoms with van der Waals surface area (Å²) in [5.74, 6) is 0.941. The first-order valence-electron chi connectivity index (χ1n) is 10.4. The van der Waals surface area contributed by atoms with Crippen LogP contribution in [0.3, 0.4) is 0 Å². The number of esters is 1. The Morgan fingerprint density at radius 3 is 2.79 bits per heavy atom. The van der Waals surface area contributed by atoms with Crippen LogP contribution in [0.5, 0.6) is 0 Å². The summed E-state index contributed by atoms with van der Waals surface area (Å²) in [6, 6.07) is 9.65. The van der Waals surface area contributed by atoms with E-state index in [4.69, 9.17) is 9.15 Å². The van der Waals surface area contributed by atoms with E-state index in [1.165, 1.54) is 6.42 Å². The van der Waals surface area contributed by atoms with Gasteiger partial charge in [-0.05, 0) is 30.4 Å². The average Bonchev–Trinajstić information content (AvgIpc) is 3.36. The summed E-state index contributed by atoms with van der Waals surface area (Å²) in [6.07, 6.45) is 3.58. The molecule has 0 spiro atoms. The van der Waals surface area contributed by atoms with Crippen molar-refractivity contribution in [2.45, 2.75) is 52.2 Å². The van der Waals surface area contributed by atoms with Crippen LogP contribution in [0.1, 0.15) is 45.4 Å². The van der Waals surface area contributed by atoms with Gasteiger partial charge in [0.05, 0.1) is 5.92 Å². The molecule has 1 aromatic heterocycles. The van der Waals surface area contributed by atoms with Gasteiger partial charge >= 0.3 is 5.97 Å². The molecule has 7 nitrogen and oxygen atoms in total. The van der Waals surface area contributed by atoms with Crippen LogP contribution >= 0.6 is 0 Å². The van der Waals surface area contributed by atoms with E-state index >= 15 is 0 Å². The van der Waals surface area contributed by atoms with E-state index in [0.717, 1.165) is 18.4 Å². The lowest BCUT2D eigenvalue weighted by Gasteiger charge is -2.39. The van der Waals surface area contributed by atoms with Crippen LogP contribution in [0.2, 0.25) is 0 Å². The first-order valence-corrected chi connectivity index (χ1v) is 10.4. The molecule has 154 valence electrons. The largest absolute Gasteiger partial charge is 0.455 e. The molecule has 1 amide bonds. The monoisotopic (exact) mass is 397 g/mol. The second kappa shape index (κ2) is 8.35. The summed E-state index contributed by atoms with van der Waals surface area (Å²) >= 11 is 0. The predicted molar refractivity (Wildman–Crippen MR) is 105 cm³/mol. The van der Waals surface area contributed by atoms with Gasteiger partial charge in [0.25, 0.3) is 5.89 Å². The molecule has 0 unspecified atom stereocenters. The van der Waals surface area contributed by atoms with Crippen LogP contribution in [0.15, 0.2) is 34.7 Å². The molecule has 2 fully saturated rings. The molecule has 29 heavy (non-hydrogen) atoms. The van der Waals surface area contributed by atoms with Gasteiger partial charge in [-0.3, -0.25) is 9.59 Å². The Kier molecular flexibility index (Phi) is 5.65. The zero-order chi connectivity index (χ0) is 20.4. The molecule has 7 heteroatoms. The van der Waals surface area contributed by atoms with Gasteiger partial charge in [-0.15, -0.1) is 10.2 Å². The van der Waals surface area contributed by atoms with E-state index in [-0.39, 0.29) is 36.8 Å². The molecular weight excluding hydrogens is 370 g/mol. The van der Waals surface area contributed by atoms with Crippen molar-refractivity contribution in [1.29, 1.82) is 0 Å². The number of nitrogens with zero attached hydrogens (tertiary/aromatic N) is 3. The van der Waals surface area contributed by atoms with Gasteiger partial charge in [0.15, 0.2) is 6.61 Å². The number of carbonyl (C=O) groups is 2. The average molecular weight is 397 g/mol. The number of aromatic nitrogens is 2. The van der Waals surface area contributed by atoms with Crippen LogP contribution in [0.25, 0.3) is 11.5 Å². The Bertz CT molecular complexity index is 866. The Morgan fingerprint density at radius 1 is 1.21 bits per heavy atom. The molecule has 0 bridgehead atoms. The van der Waals surface area contributed by atoms with Crippen molar-refractivity contribution in [3.63, 3.8) is 0 Å². The quantitative estimate of drug-likeness (QED) is 0.719. The molecule has 2 heterocycles. The van der Waals surface area contributed by atoms with Gasteiger partial charge in [-0.25, -0.2) is 0 Å². The van der Waals surface area contributed by atoms with Gasteiger partial charge in [-0.1, -0.05) is 44.9 Å². The maximum absolute atomic E-state index is 12.6. The number of hydrogen-bond donors (Lipinski definition) is 0. The minimum atomic E-state index is -0.427. The van der Waals surface area contributed by atoms with Crippen LogP contribution in [0, 0.1) is 17.8 Å². The fourth-order valence-corrected chi connectivity index (χ4v) is 4.46. The summed E-state index contributed by atoms with van der Waals surface area (Å²) in [5, 5.41) is 7.93. The third-order valence-electron chi connectivity index (χ3n) is 6.38. The minimum Gasteiger partial charge on any atom is -0.455 e. The highest BCUT2D eigenvalue weighted by Crippen LogP contribution is 2.36. The lowest BCUT2D eigenvalue weighted by molar-refractivity contribution is -0.150. The molecular formula is C22H27N3O4. The number of carbonyl (C=O) groups excluding carboxylic acids is 2. The van der Waals surface area contributed by atoms with Crippen molar-refractivity contribution in [2.24, 2.45) is 17.8 Å². The van der Waals surface area contributed by atoms with Crippen molar-refractivity contribution in [1.82, 2.24) is 15.1 Å². The summed E-state index contributed by atoms with van der Waals surface area (Å²) < 4.78 is 10.9. The molecule has 1 aromatic carbocycles. The van der Waals surface area contributed by atoms with Crippen LogP contribution in [-0.2, 0) is 20.9 Å². The molecule has 4 rings (SSSR count). The summed E-state index contributed by atoms with van der Waals surface area (Å²) in [5.41, 5.74) is 0.811. The SMILES string of the molecule is C[C@@H]1[C@H](C)CCC[C@H]1N1C[C@H](C(=O)OCc2nnc(-c3ccccc3)o2)CC1=O. The molecule has 1 aliphatic heterocycles. The summed E-state index contributed by atoms with van der Waals surface area (Å²) in [6.45, 7) is 4.82. The summed E-state index contributed by atoms with van der Waals surface area (Å²) in [7, 11) is 0. The second-order valence-corrected chi connectivity index (χ2v) is 8.26. The summed E-state index contributed by atoms with van der Waals surface area (Å²) in [4.78, 5) is 27.0. The smallest absolute Gasteiger partial charge is 0.311 e. The lowest BCUT2D eigenvalue weighted by Crippen LogP contribution is -2.45. The van der Waals surface area contributed by atoms with Gasteiger partial charge < -0.3 is 14.1 Å². The standard InChI is InChI=1S/C22H27N3O4/c1-14-7-6-10-18(15(14)2)25-12-17(11-20(25)26)22(27)28-13-19-23-24-21(29-19)16-8-4-3-5-9-16/h3-5,8-9,14-15,17-18H,6-7,10-13H2,1-2H3/t14-,15-,17-,18-/m1/s1. The molecule has 1 saturated heterocycles. The van der Waals surface area contributed by atoms with Crippen molar-refractivity contribution in [3.8, 4) is 11.5 Å². The van der Waals surface area contributed by atoms with Gasteiger partial charge in [0.1, 0.15) is 0 Å². The molecule has 1 saturated carbocycles. The van der Waals surface area contributed by atoms with E-state index in [2.05, 4.69) is 24.0 Å². The molecule has 4 atom stereocenters. The van der Waals surface area contributed by atoms with Crippen LogP contribution in [-0.4, -0.2) is 39.6 Å². The Labute approximate surface area is 170 Å². The molecule has 1 aliphatic carbocycles. The first kappa shape index (κ1) is 19.6. The molecule has 0 N–H and O–H groups in total. The minimum absolute atomic E-state index is 0.0575. The van der Waals surface area contributed by atoms with Gasteiger partial charge in [-0.2, -0.15) is 0 Å². The third-order valence-corrected chi connectivity index (χ3v) is 6.38. The number of amides is 1.